The number of allylic oxidation sites excluding steroid dienone is 2. The van der Waals surface area contributed by atoms with Crippen LogP contribution in [0.15, 0.2) is 62.2 Å². The van der Waals surface area contributed by atoms with Crippen LogP contribution < -0.4 is 0 Å². The molecule has 0 unspecified atom stereocenters. The molecule has 1 aliphatic heterocycles. The van der Waals surface area contributed by atoms with Gasteiger partial charge in [0, 0.05) is 51.3 Å². The normalized spacial score (nSPS) is 12.8. The van der Waals surface area contributed by atoms with Crippen LogP contribution in [0.4, 0.5) is 9.59 Å². The van der Waals surface area contributed by atoms with Gasteiger partial charge in [-0.1, -0.05) is 58.2 Å². The Hall–Kier alpha value is -4.48. The van der Waals surface area contributed by atoms with Crippen molar-refractivity contribution in [3.05, 3.63) is 62.2 Å². The minimum Gasteiger partial charge on any atom is -0.494 e. The van der Waals surface area contributed by atoms with Crippen molar-refractivity contribution in [3.63, 3.8) is 0 Å². The molecule has 0 bridgehead atoms. The van der Waals surface area contributed by atoms with Crippen molar-refractivity contribution in [1.29, 1.82) is 0 Å². The first-order valence-electron chi connectivity index (χ1n) is 19.6. The number of unbranched alkanes of at least 4 members (excludes halogenated alkanes) is 7. The highest BCUT2D eigenvalue weighted by Gasteiger charge is 2.39. The molecule has 0 spiro atoms. The molecule has 0 aliphatic carbocycles. The van der Waals surface area contributed by atoms with Crippen LogP contribution >= 0.6 is 0 Å². The van der Waals surface area contributed by atoms with Gasteiger partial charge in [-0.05, 0) is 83.1 Å². The Kier molecular flexibility index (Phi) is 25.5. The molecule has 1 aliphatic rings. The summed E-state index contributed by atoms with van der Waals surface area (Å²) in [5, 5.41) is 0. The second-order valence-electron chi connectivity index (χ2n) is 13.5. The van der Waals surface area contributed by atoms with Crippen LogP contribution in [0.5, 0.6) is 0 Å². The van der Waals surface area contributed by atoms with Crippen LogP contribution in [0.3, 0.4) is 0 Å². The Labute approximate surface area is 323 Å². The molecular formula is C42H65N3O9. The Morgan fingerprint density at radius 2 is 1.06 bits per heavy atom. The number of carbonyl (C=O) groups is 6. The lowest BCUT2D eigenvalue weighted by molar-refractivity contribution is -0.144. The number of esters is 2. The third-order valence-corrected chi connectivity index (χ3v) is 9.06. The van der Waals surface area contributed by atoms with Gasteiger partial charge in [0.15, 0.2) is 0 Å². The van der Waals surface area contributed by atoms with Crippen molar-refractivity contribution in [3.8, 4) is 0 Å². The summed E-state index contributed by atoms with van der Waals surface area (Å²) in [5.41, 5.74) is 1.05. The highest BCUT2D eigenvalue weighted by Crippen LogP contribution is 2.24. The predicted octanol–water partition coefficient (Wildman–Crippen LogP) is 8.73. The van der Waals surface area contributed by atoms with E-state index in [1.54, 1.807) is 6.08 Å². The number of urea groups is 2. The molecule has 0 radical (unpaired) electrons. The van der Waals surface area contributed by atoms with Crippen LogP contribution in [0.1, 0.15) is 129 Å². The maximum atomic E-state index is 13.6. The zero-order valence-corrected chi connectivity index (χ0v) is 32.9. The summed E-state index contributed by atoms with van der Waals surface area (Å²) in [7, 11) is 0. The van der Waals surface area contributed by atoms with Gasteiger partial charge in [0.2, 0.25) is 0 Å². The molecular weight excluding hydrogens is 690 g/mol. The minimum atomic E-state index is -0.532. The summed E-state index contributed by atoms with van der Waals surface area (Å²) in [4.78, 5) is 78.8. The van der Waals surface area contributed by atoms with Crippen LogP contribution in [0.25, 0.3) is 0 Å². The molecule has 4 amide bonds. The number of ketones is 2. The maximum Gasteiger partial charge on any atom is 0.333 e. The van der Waals surface area contributed by atoms with Crippen LogP contribution in [-0.2, 0) is 33.4 Å². The predicted molar refractivity (Wildman–Crippen MR) is 210 cm³/mol. The maximum absolute atomic E-state index is 13.6. The van der Waals surface area contributed by atoms with E-state index in [-0.39, 0.29) is 57.3 Å². The molecule has 0 saturated carbocycles. The number of hydrogen-bond acceptors (Lipinski definition) is 9. The highest BCUT2D eigenvalue weighted by molar-refractivity contribution is 5.98. The van der Waals surface area contributed by atoms with Crippen LogP contribution in [-0.4, -0.2) is 89.7 Å². The van der Waals surface area contributed by atoms with Crippen molar-refractivity contribution >= 4 is 35.6 Å². The van der Waals surface area contributed by atoms with Crippen LogP contribution in [0.2, 0.25) is 0 Å². The van der Waals surface area contributed by atoms with E-state index in [4.69, 9.17) is 14.2 Å². The number of carbonyl (C=O) groups excluding carboxylic acids is 6. The Balaban J connectivity index is 2.68. The van der Waals surface area contributed by atoms with Gasteiger partial charge in [0.1, 0.15) is 29.8 Å². The Morgan fingerprint density at radius 1 is 0.556 bits per heavy atom. The third-order valence-electron chi connectivity index (χ3n) is 9.06. The summed E-state index contributed by atoms with van der Waals surface area (Å²) in [5.74, 6) is 0.208. The largest absolute Gasteiger partial charge is 0.494 e. The number of rotatable bonds is 34. The molecule has 0 aromatic carbocycles. The molecule has 302 valence electrons. The molecule has 54 heavy (non-hydrogen) atoms. The van der Waals surface area contributed by atoms with Crippen molar-refractivity contribution in [1.82, 2.24) is 14.7 Å². The van der Waals surface area contributed by atoms with Gasteiger partial charge < -0.3 is 14.2 Å². The fourth-order valence-electron chi connectivity index (χ4n) is 5.75. The molecule has 0 N–H and O–H groups in total. The molecule has 12 nitrogen and oxygen atoms in total. The van der Waals surface area contributed by atoms with Crippen LogP contribution in [0, 0.1) is 0 Å². The van der Waals surface area contributed by atoms with Crippen molar-refractivity contribution in [2.45, 2.75) is 129 Å². The van der Waals surface area contributed by atoms with Gasteiger partial charge in [-0.15, -0.1) is 0 Å². The standard InChI is InChI=1S/C42H65N3O9/c1-7-35(5)52-31-18-12-16-25-38(47)26-21-28-43-36(6)44(30-33-54-40(49)27-17-13-19-32-53-39(48)9-3)42(51)45(41(43)50)29-20-23-34(4)22-14-10-11-15-24-37(46)8-2/h7,9H,1,3-6,8,10-33H2,2H3. The van der Waals surface area contributed by atoms with Crippen molar-refractivity contribution in [2.75, 3.05) is 39.5 Å². The summed E-state index contributed by atoms with van der Waals surface area (Å²) in [6.45, 7) is 21.9. The monoisotopic (exact) mass is 755 g/mol. The van der Waals surface area contributed by atoms with E-state index in [9.17, 15) is 28.8 Å². The van der Waals surface area contributed by atoms with E-state index >= 15 is 0 Å². The number of nitrogens with zero attached hydrogens (tertiary/aromatic N) is 3. The fraction of sp³-hybridized carbons (Fsp3) is 0.619. The van der Waals surface area contributed by atoms with E-state index < -0.39 is 24.0 Å². The molecule has 12 heteroatoms. The molecule has 0 atom stereocenters. The fourth-order valence-corrected chi connectivity index (χ4v) is 5.75. The second-order valence-corrected chi connectivity index (χ2v) is 13.5. The summed E-state index contributed by atoms with van der Waals surface area (Å²) < 4.78 is 15.7. The van der Waals surface area contributed by atoms with Crippen molar-refractivity contribution in [2.24, 2.45) is 0 Å². The van der Waals surface area contributed by atoms with Gasteiger partial charge in [-0.2, -0.15) is 0 Å². The lowest BCUT2D eigenvalue weighted by Gasteiger charge is -2.42. The van der Waals surface area contributed by atoms with E-state index in [0.717, 1.165) is 63.0 Å². The Morgan fingerprint density at radius 3 is 1.69 bits per heavy atom. The second kappa shape index (κ2) is 28.9. The minimum absolute atomic E-state index is 0.0144. The number of amides is 4. The molecule has 0 aromatic rings. The number of imide groups is 1. The first-order valence-corrected chi connectivity index (χ1v) is 19.6. The van der Waals surface area contributed by atoms with Gasteiger partial charge >= 0.3 is 24.0 Å². The summed E-state index contributed by atoms with van der Waals surface area (Å²) >= 11 is 0. The first-order chi connectivity index (χ1) is 25.9. The van der Waals surface area contributed by atoms with Gasteiger partial charge in [0.05, 0.1) is 19.8 Å². The molecule has 1 fully saturated rings. The zero-order chi connectivity index (χ0) is 40.1. The lowest BCUT2D eigenvalue weighted by atomic mass is 10.0. The zero-order valence-electron chi connectivity index (χ0n) is 32.9. The van der Waals surface area contributed by atoms with E-state index in [1.807, 2.05) is 6.92 Å². The quantitative estimate of drug-likeness (QED) is 0.0158. The van der Waals surface area contributed by atoms with E-state index in [1.165, 1.54) is 14.7 Å². The average molecular weight is 756 g/mol. The summed E-state index contributed by atoms with van der Waals surface area (Å²) in [6.07, 6.45) is 15.4. The summed E-state index contributed by atoms with van der Waals surface area (Å²) in [6, 6.07) is -1.02. The number of hydrogen-bond donors (Lipinski definition) is 0. The SMILES string of the molecule is C=CC(=C)OCCCCCC(=O)CCCN1C(=C)N(CCOC(=O)CCCCCOC(=O)C=C)C(=O)N(CCCC(=C)CCCCCCC(=O)CC)C1=O. The molecule has 1 heterocycles. The first kappa shape index (κ1) is 47.5. The molecule has 0 aromatic heterocycles. The highest BCUT2D eigenvalue weighted by atomic mass is 16.5. The molecule has 1 saturated heterocycles. The van der Waals surface area contributed by atoms with Gasteiger partial charge in [0.25, 0.3) is 0 Å². The van der Waals surface area contributed by atoms with E-state index in [0.29, 0.717) is 75.9 Å². The topological polar surface area (TPSA) is 140 Å². The number of Topliss-reactive ketones (excluding diaryl/α,β-unsaturated/α-hetero) is 2. The lowest BCUT2D eigenvalue weighted by Crippen LogP contribution is -2.60. The van der Waals surface area contributed by atoms with E-state index in [2.05, 4.69) is 32.9 Å². The van der Waals surface area contributed by atoms with Gasteiger partial charge in [-0.3, -0.25) is 24.2 Å². The average Bonchev–Trinajstić information content (AvgIpc) is 3.16. The van der Waals surface area contributed by atoms with Crippen molar-refractivity contribution < 1.29 is 43.0 Å². The van der Waals surface area contributed by atoms with Gasteiger partial charge in [-0.25, -0.2) is 19.3 Å². The Bertz CT molecular complexity index is 1220. The molecule has 1 rings (SSSR count). The third kappa shape index (κ3) is 20.7. The number of ether oxygens (including phenoxy) is 3. The smallest absolute Gasteiger partial charge is 0.333 e.